The quantitative estimate of drug-likeness (QED) is 0.555. The van der Waals surface area contributed by atoms with Crippen molar-refractivity contribution in [2.45, 2.75) is 40.0 Å². The molecule has 0 spiro atoms. The molecule has 0 rings (SSSR count). The Morgan fingerprint density at radius 2 is 1.73 bits per heavy atom. The van der Waals surface area contributed by atoms with Crippen molar-refractivity contribution in [3.05, 3.63) is 22.0 Å². The highest BCUT2D eigenvalue weighted by Gasteiger charge is 2.00. The summed E-state index contributed by atoms with van der Waals surface area (Å²) in [6.07, 6.45) is 12.8. The molecule has 0 saturated carbocycles. The molecular weight excluding hydrogens is 220 g/mol. The van der Waals surface area contributed by atoms with Crippen LogP contribution < -0.4 is 0 Å². The van der Waals surface area contributed by atoms with Crippen LogP contribution in [0.1, 0.15) is 40.0 Å². The molecule has 0 heterocycles. The van der Waals surface area contributed by atoms with Crippen molar-refractivity contribution in [3.8, 4) is 0 Å². The summed E-state index contributed by atoms with van der Waals surface area (Å²) in [6.45, 7) is 6.68. The second-order valence-corrected chi connectivity index (χ2v) is 6.09. The van der Waals surface area contributed by atoms with Gasteiger partial charge in [-0.1, -0.05) is 24.6 Å². The van der Waals surface area contributed by atoms with E-state index in [1.165, 1.54) is 29.1 Å². The Balaban J connectivity index is 3.78. The van der Waals surface area contributed by atoms with E-state index in [2.05, 4.69) is 45.4 Å². The van der Waals surface area contributed by atoms with E-state index in [0.29, 0.717) is 0 Å². The van der Waals surface area contributed by atoms with Gasteiger partial charge >= 0.3 is 0 Å². The maximum absolute atomic E-state index is 2.38. The highest BCUT2D eigenvalue weighted by molar-refractivity contribution is 8.21. The SMILES string of the molecule is CSC(=CC[C@H](C)CCC=C(C)C)SC. The summed E-state index contributed by atoms with van der Waals surface area (Å²) in [5, 5.41) is 0. The van der Waals surface area contributed by atoms with Gasteiger partial charge in [-0.3, -0.25) is 0 Å². The van der Waals surface area contributed by atoms with Crippen molar-refractivity contribution in [2.75, 3.05) is 12.5 Å². The van der Waals surface area contributed by atoms with E-state index >= 15 is 0 Å². The molecule has 0 aromatic heterocycles. The van der Waals surface area contributed by atoms with Gasteiger partial charge in [0.25, 0.3) is 0 Å². The van der Waals surface area contributed by atoms with Gasteiger partial charge in [0.1, 0.15) is 0 Å². The molecule has 0 aliphatic heterocycles. The Labute approximate surface area is 104 Å². The molecule has 0 fully saturated rings. The average Bonchev–Trinajstić information content (AvgIpc) is 2.18. The van der Waals surface area contributed by atoms with Crippen molar-refractivity contribution in [2.24, 2.45) is 5.92 Å². The van der Waals surface area contributed by atoms with E-state index in [1.807, 2.05) is 23.5 Å². The van der Waals surface area contributed by atoms with Crippen LogP contribution in [0.4, 0.5) is 0 Å². The predicted molar refractivity (Wildman–Crippen MR) is 77.6 cm³/mol. The van der Waals surface area contributed by atoms with E-state index in [4.69, 9.17) is 0 Å². The smallest absolute Gasteiger partial charge is 0.0355 e. The molecule has 0 radical (unpaired) electrons. The molecule has 0 bridgehead atoms. The summed E-state index contributed by atoms with van der Waals surface area (Å²) in [7, 11) is 0. The first-order chi connectivity index (χ1) is 7.10. The Kier molecular flexibility index (Phi) is 9.52. The maximum Gasteiger partial charge on any atom is 0.0355 e. The topological polar surface area (TPSA) is 0 Å². The minimum absolute atomic E-state index is 0.801. The van der Waals surface area contributed by atoms with Crippen LogP contribution >= 0.6 is 23.5 Å². The third-order valence-corrected chi connectivity index (χ3v) is 4.44. The summed E-state index contributed by atoms with van der Waals surface area (Å²) < 4.78 is 1.45. The van der Waals surface area contributed by atoms with Gasteiger partial charge in [-0.2, -0.15) is 0 Å². The molecule has 0 saturated heterocycles. The van der Waals surface area contributed by atoms with Crippen LogP contribution in [0, 0.1) is 5.92 Å². The first-order valence-electron chi connectivity index (χ1n) is 5.51. The van der Waals surface area contributed by atoms with Gasteiger partial charge in [0, 0.05) is 4.24 Å². The van der Waals surface area contributed by atoms with E-state index < -0.39 is 0 Å². The summed E-state index contributed by atoms with van der Waals surface area (Å²) in [5.74, 6) is 0.801. The first-order valence-corrected chi connectivity index (χ1v) is 7.96. The average molecular weight is 244 g/mol. The number of allylic oxidation sites excluding steroid dienone is 3. The van der Waals surface area contributed by atoms with Gasteiger partial charge in [0.15, 0.2) is 0 Å². The molecule has 0 amide bonds. The number of thioether (sulfide) groups is 2. The van der Waals surface area contributed by atoms with Crippen molar-refractivity contribution >= 4 is 23.5 Å². The van der Waals surface area contributed by atoms with Crippen LogP contribution in [0.15, 0.2) is 22.0 Å². The summed E-state index contributed by atoms with van der Waals surface area (Å²) in [5.41, 5.74) is 1.44. The molecule has 0 aliphatic carbocycles. The zero-order chi connectivity index (χ0) is 11.7. The van der Waals surface area contributed by atoms with Gasteiger partial charge in [0.05, 0.1) is 0 Å². The Morgan fingerprint density at radius 1 is 1.13 bits per heavy atom. The lowest BCUT2D eigenvalue weighted by molar-refractivity contribution is 0.546. The van der Waals surface area contributed by atoms with Crippen molar-refractivity contribution in [1.29, 1.82) is 0 Å². The van der Waals surface area contributed by atoms with Crippen molar-refractivity contribution in [1.82, 2.24) is 0 Å². The fourth-order valence-corrected chi connectivity index (χ4v) is 2.51. The van der Waals surface area contributed by atoms with Crippen LogP contribution in [-0.4, -0.2) is 12.5 Å². The Morgan fingerprint density at radius 3 is 2.20 bits per heavy atom. The normalized spacial score (nSPS) is 12.1. The first kappa shape index (κ1) is 15.2. The van der Waals surface area contributed by atoms with E-state index in [-0.39, 0.29) is 0 Å². The van der Waals surface area contributed by atoms with Crippen LogP contribution in [-0.2, 0) is 0 Å². The van der Waals surface area contributed by atoms with E-state index in [0.717, 1.165) is 5.92 Å². The molecule has 0 N–H and O–H groups in total. The number of hydrogen-bond donors (Lipinski definition) is 0. The predicted octanol–water partition coefficient (Wildman–Crippen LogP) is 5.33. The summed E-state index contributed by atoms with van der Waals surface area (Å²) >= 11 is 3.71. The molecule has 2 heteroatoms. The van der Waals surface area contributed by atoms with Gasteiger partial charge in [0.2, 0.25) is 0 Å². The third-order valence-electron chi connectivity index (χ3n) is 2.30. The molecule has 0 aliphatic rings. The minimum Gasteiger partial charge on any atom is -0.123 e. The van der Waals surface area contributed by atoms with Crippen LogP contribution in [0.25, 0.3) is 0 Å². The number of hydrogen-bond acceptors (Lipinski definition) is 2. The standard InChI is InChI=1S/C13H24S2/c1-11(2)7-6-8-12(3)9-10-13(14-4)15-5/h7,10,12H,6,8-9H2,1-5H3/t12-/m1/s1. The Hall–Kier alpha value is 0.180. The van der Waals surface area contributed by atoms with E-state index in [1.54, 1.807) is 0 Å². The van der Waals surface area contributed by atoms with Crippen LogP contribution in [0.2, 0.25) is 0 Å². The maximum atomic E-state index is 2.38. The fraction of sp³-hybridized carbons (Fsp3) is 0.692. The second-order valence-electron chi connectivity index (χ2n) is 4.13. The molecule has 1 atom stereocenters. The number of rotatable bonds is 7. The highest BCUT2D eigenvalue weighted by atomic mass is 32.2. The van der Waals surface area contributed by atoms with Gasteiger partial charge < -0.3 is 0 Å². The van der Waals surface area contributed by atoms with Gasteiger partial charge in [-0.05, 0) is 51.5 Å². The van der Waals surface area contributed by atoms with Crippen LogP contribution in [0.3, 0.4) is 0 Å². The zero-order valence-corrected chi connectivity index (χ0v) is 12.3. The molecule has 15 heavy (non-hydrogen) atoms. The lowest BCUT2D eigenvalue weighted by atomic mass is 10.0. The highest BCUT2D eigenvalue weighted by Crippen LogP contribution is 2.25. The minimum atomic E-state index is 0.801. The second kappa shape index (κ2) is 9.41. The largest absolute Gasteiger partial charge is 0.123 e. The molecular formula is C13H24S2. The molecule has 88 valence electrons. The monoisotopic (exact) mass is 244 g/mol. The third kappa shape index (κ3) is 9.13. The van der Waals surface area contributed by atoms with Crippen molar-refractivity contribution < 1.29 is 0 Å². The molecule has 0 aromatic carbocycles. The summed E-state index contributed by atoms with van der Waals surface area (Å²) in [6, 6.07) is 0. The van der Waals surface area contributed by atoms with Gasteiger partial charge in [-0.25, -0.2) is 0 Å². The molecule has 0 nitrogen and oxygen atoms in total. The van der Waals surface area contributed by atoms with Crippen molar-refractivity contribution in [3.63, 3.8) is 0 Å². The summed E-state index contributed by atoms with van der Waals surface area (Å²) in [4.78, 5) is 0. The lowest BCUT2D eigenvalue weighted by Gasteiger charge is -2.07. The fourth-order valence-electron chi connectivity index (χ4n) is 1.32. The zero-order valence-electron chi connectivity index (χ0n) is 10.7. The molecule has 0 unspecified atom stereocenters. The Bertz CT molecular complexity index is 207. The lowest BCUT2D eigenvalue weighted by Crippen LogP contribution is -1.91. The molecule has 0 aromatic rings. The van der Waals surface area contributed by atoms with Crippen LogP contribution in [0.5, 0.6) is 0 Å². The van der Waals surface area contributed by atoms with E-state index in [9.17, 15) is 0 Å². The van der Waals surface area contributed by atoms with Gasteiger partial charge in [-0.15, -0.1) is 23.5 Å².